The van der Waals surface area contributed by atoms with Gasteiger partial charge in [0.2, 0.25) is 0 Å². The molecule has 4 nitrogen and oxygen atoms in total. The van der Waals surface area contributed by atoms with E-state index in [-0.39, 0.29) is 17.5 Å². The number of carbonyl (C=O) groups excluding carboxylic acids is 2. The first kappa shape index (κ1) is 20.9. The highest BCUT2D eigenvalue weighted by Gasteiger charge is 2.40. The average molecular weight is 523 g/mol. The fourth-order valence-corrected chi connectivity index (χ4v) is 5.90. The van der Waals surface area contributed by atoms with Crippen molar-refractivity contribution < 1.29 is 14.3 Å². The Hall–Kier alpha value is -1.40. The molecule has 2 aliphatic carbocycles. The van der Waals surface area contributed by atoms with Gasteiger partial charge in [-0.2, -0.15) is 0 Å². The van der Waals surface area contributed by atoms with Gasteiger partial charge < -0.3 is 10.1 Å². The van der Waals surface area contributed by atoms with Crippen LogP contribution in [0.1, 0.15) is 63.9 Å². The minimum Gasteiger partial charge on any atom is -0.491 e. The molecule has 0 fully saturated rings. The lowest BCUT2D eigenvalue weighted by atomic mass is 9.71. The van der Waals surface area contributed by atoms with E-state index in [9.17, 15) is 9.59 Å². The van der Waals surface area contributed by atoms with Gasteiger partial charge in [-0.15, -0.1) is 0 Å². The molecule has 0 radical (unpaired) electrons. The molecule has 0 aromatic heterocycles. The number of benzene rings is 1. The van der Waals surface area contributed by atoms with Gasteiger partial charge in [0.15, 0.2) is 11.6 Å². The molecule has 0 saturated heterocycles. The second-order valence-electron chi connectivity index (χ2n) is 8.41. The summed E-state index contributed by atoms with van der Waals surface area (Å²) in [6.45, 7) is 4.83. The van der Waals surface area contributed by atoms with Gasteiger partial charge in [0.1, 0.15) is 5.75 Å². The predicted molar refractivity (Wildman–Crippen MR) is 120 cm³/mol. The number of rotatable bonds is 4. The molecule has 0 bridgehead atoms. The maximum atomic E-state index is 12.9. The average Bonchev–Trinajstić information content (AvgIpc) is 2.66. The Labute approximate surface area is 188 Å². The number of Topliss-reactive ketones (excluding diaryl/α,β-unsaturated/α-hetero) is 2. The zero-order valence-corrected chi connectivity index (χ0v) is 19.9. The van der Waals surface area contributed by atoms with Crippen molar-refractivity contribution in [3.8, 4) is 5.75 Å². The van der Waals surface area contributed by atoms with Crippen LogP contribution in [0.5, 0.6) is 5.75 Å². The van der Waals surface area contributed by atoms with Crippen LogP contribution in [0.25, 0.3) is 0 Å². The Morgan fingerprint density at radius 3 is 1.97 bits per heavy atom. The summed E-state index contributed by atoms with van der Waals surface area (Å²) in [5.41, 5.74) is 4.52. The van der Waals surface area contributed by atoms with Gasteiger partial charge in [-0.3, -0.25) is 9.59 Å². The molecule has 0 amide bonds. The third kappa shape index (κ3) is 3.98. The van der Waals surface area contributed by atoms with Crippen LogP contribution in [0.15, 0.2) is 43.6 Å². The molecule has 6 heteroatoms. The lowest BCUT2D eigenvalue weighted by Gasteiger charge is -2.37. The zero-order chi connectivity index (χ0) is 20.7. The van der Waals surface area contributed by atoms with Gasteiger partial charge in [0.05, 0.1) is 15.6 Å². The van der Waals surface area contributed by atoms with Crippen LogP contribution in [-0.2, 0) is 9.59 Å². The van der Waals surface area contributed by atoms with Crippen molar-refractivity contribution in [1.29, 1.82) is 0 Å². The van der Waals surface area contributed by atoms with E-state index < -0.39 is 0 Å². The van der Waals surface area contributed by atoms with Crippen LogP contribution in [0.4, 0.5) is 0 Å². The largest absolute Gasteiger partial charge is 0.491 e. The molecule has 0 saturated carbocycles. The standard InChI is InChI=1S/C23H25Br2NO3/c1-12(2)11-29-23-14(24)9-13(10-15(23)25)20-21-16(5-3-7-18(21)27)26-17-6-4-8-19(28)22(17)20/h9-10,12,20,26H,3-8,11H2,1-2H3. The van der Waals surface area contributed by atoms with Gasteiger partial charge in [-0.05, 0) is 81.2 Å². The Morgan fingerprint density at radius 1 is 0.966 bits per heavy atom. The summed E-state index contributed by atoms with van der Waals surface area (Å²) >= 11 is 7.30. The molecule has 3 aliphatic rings. The van der Waals surface area contributed by atoms with Crippen LogP contribution in [-0.4, -0.2) is 18.2 Å². The molecular formula is C23H25Br2NO3. The van der Waals surface area contributed by atoms with E-state index in [1.807, 2.05) is 12.1 Å². The third-order valence-electron chi connectivity index (χ3n) is 5.71. The molecule has 1 aliphatic heterocycles. The molecule has 154 valence electrons. The summed E-state index contributed by atoms with van der Waals surface area (Å²) in [5.74, 6) is 1.18. The Kier molecular flexibility index (Phi) is 6.03. The summed E-state index contributed by atoms with van der Waals surface area (Å²) in [5, 5.41) is 3.46. The second-order valence-corrected chi connectivity index (χ2v) is 10.1. The van der Waals surface area contributed by atoms with Crippen molar-refractivity contribution in [2.24, 2.45) is 5.92 Å². The van der Waals surface area contributed by atoms with Crippen LogP contribution in [0.3, 0.4) is 0 Å². The monoisotopic (exact) mass is 521 g/mol. The van der Waals surface area contributed by atoms with E-state index in [1.165, 1.54) is 0 Å². The summed E-state index contributed by atoms with van der Waals surface area (Å²) in [4.78, 5) is 25.9. The number of hydrogen-bond acceptors (Lipinski definition) is 4. The van der Waals surface area contributed by atoms with Crippen LogP contribution in [0.2, 0.25) is 0 Å². The number of dihydropyridines is 1. The van der Waals surface area contributed by atoms with Crippen molar-refractivity contribution in [3.05, 3.63) is 49.2 Å². The molecule has 1 N–H and O–H groups in total. The molecule has 1 aromatic rings. The van der Waals surface area contributed by atoms with E-state index in [2.05, 4.69) is 51.0 Å². The second kappa shape index (κ2) is 8.38. The highest BCUT2D eigenvalue weighted by atomic mass is 79.9. The number of halogens is 2. The minimum absolute atomic E-state index is 0.154. The van der Waals surface area contributed by atoms with Crippen LogP contribution in [0, 0.1) is 5.92 Å². The smallest absolute Gasteiger partial charge is 0.161 e. The zero-order valence-electron chi connectivity index (χ0n) is 16.7. The van der Waals surface area contributed by atoms with Gasteiger partial charge in [-0.1, -0.05) is 13.8 Å². The summed E-state index contributed by atoms with van der Waals surface area (Å²) in [7, 11) is 0. The fraction of sp³-hybridized carbons (Fsp3) is 0.478. The SMILES string of the molecule is CC(C)COc1c(Br)cc(C2C3=C(CCCC3=O)NC3=C2C(=O)CCC3)cc1Br. The third-order valence-corrected chi connectivity index (χ3v) is 6.88. The lowest BCUT2D eigenvalue weighted by molar-refractivity contribution is -0.116. The first-order valence-corrected chi connectivity index (χ1v) is 11.9. The Morgan fingerprint density at radius 2 is 1.48 bits per heavy atom. The van der Waals surface area contributed by atoms with Gasteiger partial charge in [0, 0.05) is 41.3 Å². The normalized spacial score (nSPS) is 20.0. The molecule has 1 heterocycles. The molecule has 4 rings (SSSR count). The highest BCUT2D eigenvalue weighted by molar-refractivity contribution is 9.11. The Balaban J connectivity index is 1.82. The summed E-state index contributed by atoms with van der Waals surface area (Å²) in [6, 6.07) is 4.02. The van der Waals surface area contributed by atoms with E-state index in [0.717, 1.165) is 68.5 Å². The van der Waals surface area contributed by atoms with Gasteiger partial charge >= 0.3 is 0 Å². The van der Waals surface area contributed by atoms with Crippen molar-refractivity contribution in [2.75, 3.05) is 6.61 Å². The first-order valence-electron chi connectivity index (χ1n) is 10.3. The number of ketones is 2. The number of allylic oxidation sites excluding steroid dienone is 4. The summed E-state index contributed by atoms with van der Waals surface area (Å²) < 4.78 is 7.62. The van der Waals surface area contributed by atoms with Gasteiger partial charge in [0.25, 0.3) is 0 Å². The molecule has 1 aromatic carbocycles. The molecule has 0 atom stereocenters. The molecule has 0 unspecified atom stereocenters. The fourth-order valence-electron chi connectivity index (χ4n) is 4.45. The maximum absolute atomic E-state index is 12.9. The van der Waals surface area contributed by atoms with Crippen LogP contribution < -0.4 is 10.1 Å². The maximum Gasteiger partial charge on any atom is 0.161 e. The van der Waals surface area contributed by atoms with Crippen molar-refractivity contribution >= 4 is 43.4 Å². The molecular weight excluding hydrogens is 498 g/mol. The quantitative estimate of drug-likeness (QED) is 0.531. The van der Waals surface area contributed by atoms with Crippen molar-refractivity contribution in [1.82, 2.24) is 5.32 Å². The number of ether oxygens (including phenoxy) is 1. The van der Waals surface area contributed by atoms with Crippen LogP contribution >= 0.6 is 31.9 Å². The number of carbonyl (C=O) groups is 2. The number of nitrogens with one attached hydrogen (secondary N) is 1. The summed E-state index contributed by atoms with van der Waals surface area (Å²) in [6.07, 6.45) is 4.55. The van der Waals surface area contributed by atoms with Crippen molar-refractivity contribution in [2.45, 2.75) is 58.3 Å². The van der Waals surface area contributed by atoms with Gasteiger partial charge in [-0.25, -0.2) is 0 Å². The van der Waals surface area contributed by atoms with E-state index >= 15 is 0 Å². The number of hydrogen-bond donors (Lipinski definition) is 1. The lowest BCUT2D eigenvalue weighted by Crippen LogP contribution is -2.36. The van der Waals surface area contributed by atoms with E-state index in [4.69, 9.17) is 4.74 Å². The molecule has 29 heavy (non-hydrogen) atoms. The van der Waals surface area contributed by atoms with E-state index in [0.29, 0.717) is 25.4 Å². The molecule has 0 spiro atoms. The predicted octanol–water partition coefficient (Wildman–Crippen LogP) is 5.95. The topological polar surface area (TPSA) is 55.4 Å². The minimum atomic E-state index is -0.298. The highest BCUT2D eigenvalue weighted by Crippen LogP contribution is 2.47. The first-order chi connectivity index (χ1) is 13.9. The van der Waals surface area contributed by atoms with E-state index in [1.54, 1.807) is 0 Å². The Bertz CT molecular complexity index is 880. The van der Waals surface area contributed by atoms with Crippen molar-refractivity contribution in [3.63, 3.8) is 0 Å².